The van der Waals surface area contributed by atoms with Gasteiger partial charge in [0, 0.05) is 12.8 Å². The van der Waals surface area contributed by atoms with E-state index in [0.29, 0.717) is 6.54 Å². The molecule has 0 bridgehead atoms. The van der Waals surface area contributed by atoms with Crippen molar-refractivity contribution in [3.63, 3.8) is 0 Å². The van der Waals surface area contributed by atoms with E-state index in [1.807, 2.05) is 0 Å². The first-order chi connectivity index (χ1) is 4.70. The Labute approximate surface area is 59.9 Å². The lowest BCUT2D eigenvalue weighted by Gasteiger charge is -2.03. The number of rotatable bonds is 1. The normalized spacial score (nSPS) is 29.9. The Balaban J connectivity index is 2.86. The highest BCUT2D eigenvalue weighted by Crippen LogP contribution is 2.17. The zero-order valence-corrected chi connectivity index (χ0v) is 5.83. The Morgan fingerprint density at radius 3 is 2.90 bits per heavy atom. The van der Waals surface area contributed by atoms with Gasteiger partial charge < -0.3 is 5.73 Å². The van der Waals surface area contributed by atoms with E-state index in [1.165, 1.54) is 0 Å². The molecule has 1 heterocycles. The van der Waals surface area contributed by atoms with Crippen LogP contribution < -0.4 is 5.73 Å². The summed E-state index contributed by atoms with van der Waals surface area (Å²) in [6.07, 6.45) is 3.44. The maximum atomic E-state index is 8.59. The van der Waals surface area contributed by atoms with E-state index in [-0.39, 0.29) is 0 Å². The summed E-state index contributed by atoms with van der Waals surface area (Å²) in [5.74, 6) is 0. The van der Waals surface area contributed by atoms with Crippen LogP contribution in [0.4, 0.5) is 0 Å². The van der Waals surface area contributed by atoms with Crippen LogP contribution in [0.2, 0.25) is 0 Å². The summed E-state index contributed by atoms with van der Waals surface area (Å²) in [5.41, 5.74) is 5.62. The van der Waals surface area contributed by atoms with Crippen molar-refractivity contribution in [1.82, 2.24) is 0 Å². The predicted molar refractivity (Wildman–Crippen MR) is 39.6 cm³/mol. The summed E-state index contributed by atoms with van der Waals surface area (Å²) in [7, 11) is 0. The number of hydrogen-bond donors (Lipinski definition) is 1. The first-order valence-corrected chi connectivity index (χ1v) is 3.08. The fraction of sp³-hybridized carbons (Fsp3) is 0.429. The standard InChI is InChI=1S/C7H9N3/c1-7(5-9)2-6(3-8)4-10-7/h2,4H,3,8H2,1H3. The minimum atomic E-state index is -0.658. The van der Waals surface area contributed by atoms with Crippen molar-refractivity contribution in [3.05, 3.63) is 11.6 Å². The van der Waals surface area contributed by atoms with E-state index < -0.39 is 5.54 Å². The minimum Gasteiger partial charge on any atom is -0.326 e. The molecule has 0 radical (unpaired) electrons. The van der Waals surface area contributed by atoms with E-state index >= 15 is 0 Å². The third kappa shape index (κ3) is 1.07. The molecule has 0 saturated heterocycles. The number of nitrogens with two attached hydrogens (primary N) is 1. The monoisotopic (exact) mass is 135 g/mol. The van der Waals surface area contributed by atoms with Crippen LogP contribution >= 0.6 is 0 Å². The van der Waals surface area contributed by atoms with E-state index in [2.05, 4.69) is 11.1 Å². The molecule has 52 valence electrons. The Kier molecular flexibility index (Phi) is 1.56. The fourth-order valence-electron chi connectivity index (χ4n) is 0.825. The molecule has 3 nitrogen and oxygen atoms in total. The molecule has 3 heteroatoms. The molecule has 0 spiro atoms. The summed E-state index contributed by atoms with van der Waals surface area (Å²) in [6.45, 7) is 2.22. The van der Waals surface area contributed by atoms with Crippen LogP contribution in [-0.2, 0) is 0 Å². The van der Waals surface area contributed by atoms with Crippen molar-refractivity contribution >= 4 is 6.21 Å². The molecule has 1 aliphatic heterocycles. The summed E-state index contributed by atoms with van der Waals surface area (Å²) in [5, 5.41) is 8.59. The largest absolute Gasteiger partial charge is 0.326 e. The van der Waals surface area contributed by atoms with Crippen LogP contribution in [0.15, 0.2) is 16.6 Å². The van der Waals surface area contributed by atoms with E-state index in [1.54, 1.807) is 19.2 Å². The number of nitriles is 1. The SMILES string of the molecule is CC1(C#N)C=C(CN)C=N1. The van der Waals surface area contributed by atoms with Gasteiger partial charge in [-0.15, -0.1) is 0 Å². The van der Waals surface area contributed by atoms with Crippen LogP contribution in [0.3, 0.4) is 0 Å². The first-order valence-electron chi connectivity index (χ1n) is 3.08. The number of aliphatic imine (C=N–C) groups is 1. The lowest BCUT2D eigenvalue weighted by Crippen LogP contribution is -2.12. The molecule has 0 aromatic heterocycles. The number of nitrogens with zero attached hydrogens (tertiary/aromatic N) is 2. The van der Waals surface area contributed by atoms with Gasteiger partial charge in [0.1, 0.15) is 0 Å². The molecular weight excluding hydrogens is 126 g/mol. The van der Waals surface area contributed by atoms with Gasteiger partial charge in [0.05, 0.1) is 6.07 Å². The van der Waals surface area contributed by atoms with Gasteiger partial charge in [-0.2, -0.15) is 5.26 Å². The smallest absolute Gasteiger partial charge is 0.162 e. The zero-order valence-electron chi connectivity index (χ0n) is 5.83. The molecule has 10 heavy (non-hydrogen) atoms. The molecule has 1 rings (SSSR count). The highest BCUT2D eigenvalue weighted by Gasteiger charge is 2.22. The van der Waals surface area contributed by atoms with Crippen molar-refractivity contribution in [3.8, 4) is 6.07 Å². The molecule has 1 atom stereocenters. The van der Waals surface area contributed by atoms with Crippen LogP contribution in [-0.4, -0.2) is 18.3 Å². The second-order valence-corrected chi connectivity index (χ2v) is 2.44. The van der Waals surface area contributed by atoms with Gasteiger partial charge >= 0.3 is 0 Å². The van der Waals surface area contributed by atoms with E-state index in [0.717, 1.165) is 5.57 Å². The highest BCUT2D eigenvalue weighted by molar-refractivity contribution is 5.83. The zero-order chi connectivity index (χ0) is 7.61. The van der Waals surface area contributed by atoms with Gasteiger partial charge in [-0.25, -0.2) is 0 Å². The predicted octanol–water partition coefficient (Wildman–Crippen LogP) is 0.238. The van der Waals surface area contributed by atoms with Gasteiger partial charge in [-0.05, 0) is 18.6 Å². The second-order valence-electron chi connectivity index (χ2n) is 2.44. The van der Waals surface area contributed by atoms with Crippen LogP contribution in [0, 0.1) is 11.3 Å². The fourth-order valence-corrected chi connectivity index (χ4v) is 0.825. The molecule has 0 fully saturated rings. The molecule has 0 amide bonds. The summed E-state index contributed by atoms with van der Waals surface area (Å²) < 4.78 is 0. The molecular formula is C7H9N3. The molecule has 1 unspecified atom stereocenters. The number of hydrogen-bond acceptors (Lipinski definition) is 3. The lowest BCUT2D eigenvalue weighted by molar-refractivity contribution is 0.769. The first kappa shape index (κ1) is 6.97. The van der Waals surface area contributed by atoms with Gasteiger partial charge in [0.25, 0.3) is 0 Å². The highest BCUT2D eigenvalue weighted by atomic mass is 14.9. The summed E-state index contributed by atoms with van der Waals surface area (Å²) >= 11 is 0. The van der Waals surface area contributed by atoms with E-state index in [9.17, 15) is 0 Å². The quantitative estimate of drug-likeness (QED) is 0.559. The lowest BCUT2D eigenvalue weighted by atomic mass is 10.1. The topological polar surface area (TPSA) is 62.2 Å². The van der Waals surface area contributed by atoms with E-state index in [4.69, 9.17) is 11.0 Å². The van der Waals surface area contributed by atoms with Gasteiger partial charge in [0.15, 0.2) is 5.54 Å². The Morgan fingerprint density at radius 1 is 1.90 bits per heavy atom. The van der Waals surface area contributed by atoms with Crippen molar-refractivity contribution in [2.75, 3.05) is 6.54 Å². The van der Waals surface area contributed by atoms with Gasteiger partial charge in [0.2, 0.25) is 0 Å². The third-order valence-corrected chi connectivity index (χ3v) is 1.43. The third-order valence-electron chi connectivity index (χ3n) is 1.43. The molecule has 0 aliphatic carbocycles. The Hall–Kier alpha value is -1.14. The van der Waals surface area contributed by atoms with Gasteiger partial charge in [-0.1, -0.05) is 0 Å². The van der Waals surface area contributed by atoms with Crippen LogP contribution in [0.25, 0.3) is 0 Å². The Bertz CT molecular complexity index is 234. The van der Waals surface area contributed by atoms with Crippen molar-refractivity contribution < 1.29 is 0 Å². The van der Waals surface area contributed by atoms with Gasteiger partial charge in [-0.3, -0.25) is 4.99 Å². The molecule has 0 aromatic rings. The molecule has 1 aliphatic rings. The maximum Gasteiger partial charge on any atom is 0.162 e. The average molecular weight is 135 g/mol. The average Bonchev–Trinajstić information content (AvgIpc) is 2.33. The van der Waals surface area contributed by atoms with Crippen molar-refractivity contribution in [1.29, 1.82) is 5.26 Å². The molecule has 0 aromatic carbocycles. The second kappa shape index (κ2) is 2.24. The molecule has 0 saturated carbocycles. The van der Waals surface area contributed by atoms with Crippen LogP contribution in [0.1, 0.15) is 6.92 Å². The van der Waals surface area contributed by atoms with Crippen molar-refractivity contribution in [2.45, 2.75) is 12.5 Å². The summed E-state index contributed by atoms with van der Waals surface area (Å²) in [6, 6.07) is 2.07. The minimum absolute atomic E-state index is 0.459. The van der Waals surface area contributed by atoms with Crippen LogP contribution in [0.5, 0.6) is 0 Å². The summed E-state index contributed by atoms with van der Waals surface area (Å²) in [4.78, 5) is 3.98. The molecule has 2 N–H and O–H groups in total. The van der Waals surface area contributed by atoms with Crippen molar-refractivity contribution in [2.24, 2.45) is 10.7 Å². The Morgan fingerprint density at radius 2 is 2.60 bits per heavy atom. The maximum absolute atomic E-state index is 8.59.